The molecule has 2 atom stereocenters. The maximum Gasteiger partial charge on any atom is 0.255 e. The van der Waals surface area contributed by atoms with Crippen LogP contribution in [0, 0.1) is 0 Å². The number of carbonyl (C=O) groups is 1. The number of halogens is 1. The molecule has 168 valence electrons. The van der Waals surface area contributed by atoms with Crippen molar-refractivity contribution in [2.75, 3.05) is 53.7 Å². The molecule has 30 heavy (non-hydrogen) atoms. The quantitative estimate of drug-likeness (QED) is 0.472. The lowest BCUT2D eigenvalue weighted by Crippen LogP contribution is -2.40. The van der Waals surface area contributed by atoms with Crippen molar-refractivity contribution in [1.29, 1.82) is 0 Å². The van der Waals surface area contributed by atoms with E-state index in [1.54, 1.807) is 12.1 Å². The van der Waals surface area contributed by atoms with Crippen molar-refractivity contribution in [2.45, 2.75) is 31.4 Å². The molecule has 1 amide bonds. The van der Waals surface area contributed by atoms with E-state index in [0.29, 0.717) is 49.6 Å². The van der Waals surface area contributed by atoms with Gasteiger partial charge in [0.1, 0.15) is 0 Å². The number of rotatable bonds is 13. The molecule has 3 N–H and O–H groups in total. The third kappa shape index (κ3) is 6.42. The lowest BCUT2D eigenvalue weighted by molar-refractivity contribution is 0.0655. The maximum absolute atomic E-state index is 13.0. The molecule has 1 saturated heterocycles. The molecule has 1 aliphatic rings. The van der Waals surface area contributed by atoms with Gasteiger partial charge >= 0.3 is 0 Å². The molecule has 1 fully saturated rings. The van der Waals surface area contributed by atoms with Gasteiger partial charge in [-0.1, -0.05) is 6.08 Å². The van der Waals surface area contributed by atoms with Crippen LogP contribution in [0.5, 0.6) is 11.5 Å². The molecule has 0 bridgehead atoms. The van der Waals surface area contributed by atoms with Gasteiger partial charge in [-0.15, -0.1) is 6.58 Å². The number of amides is 1. The predicted octanol–water partition coefficient (Wildman–Crippen LogP) is 1.94. The number of hydrogen-bond acceptors (Lipinski definition) is 6. The van der Waals surface area contributed by atoms with Gasteiger partial charge in [-0.3, -0.25) is 14.1 Å². The van der Waals surface area contributed by atoms with Gasteiger partial charge in [0.05, 0.1) is 39.2 Å². The molecular weight excluding hydrogens is 389 g/mol. The van der Waals surface area contributed by atoms with Crippen molar-refractivity contribution >= 4 is 5.91 Å². The minimum Gasteiger partial charge on any atom is -0.493 e. The summed E-state index contributed by atoms with van der Waals surface area (Å²) in [6.45, 7) is 6.38. The zero-order chi connectivity index (χ0) is 21.9. The number of aryl methyl sites for hydroxylation is 1. The standard InChI is InChI=1S/C22H34FN3O4/c1-4-9-26-15-18(30-10-8-24)13-17(26)14-25-22(27)19-11-16(6-5-7-23)12-20(28-2)21(19)29-3/h4,11-12,17-18H,1,5-10,13-15,24H2,2-3H3,(H,25,27)/t17-,18+/m0/s1. The smallest absolute Gasteiger partial charge is 0.255 e. The Morgan fingerprint density at radius 1 is 1.40 bits per heavy atom. The van der Waals surface area contributed by atoms with Gasteiger partial charge in [-0.2, -0.15) is 0 Å². The number of methoxy groups -OCH3 is 2. The Kier molecular flexibility index (Phi) is 10.1. The van der Waals surface area contributed by atoms with Crippen LogP contribution < -0.4 is 20.5 Å². The highest BCUT2D eigenvalue weighted by atomic mass is 19.1. The van der Waals surface area contributed by atoms with Gasteiger partial charge in [-0.05, 0) is 37.0 Å². The molecule has 1 heterocycles. The Morgan fingerprint density at radius 2 is 2.20 bits per heavy atom. The number of carbonyl (C=O) groups excluding carboxylic acids is 1. The highest BCUT2D eigenvalue weighted by Gasteiger charge is 2.32. The minimum atomic E-state index is -0.413. The Hall–Kier alpha value is -2.16. The van der Waals surface area contributed by atoms with Crippen LogP contribution >= 0.6 is 0 Å². The maximum atomic E-state index is 13.0. The molecule has 1 aliphatic heterocycles. The molecule has 0 unspecified atom stereocenters. The fourth-order valence-electron chi connectivity index (χ4n) is 3.81. The zero-order valence-corrected chi connectivity index (χ0v) is 18.0. The number of nitrogens with two attached hydrogens (primary N) is 1. The highest BCUT2D eigenvalue weighted by molar-refractivity contribution is 5.98. The first-order chi connectivity index (χ1) is 14.6. The molecule has 0 radical (unpaired) electrons. The zero-order valence-electron chi connectivity index (χ0n) is 18.0. The largest absolute Gasteiger partial charge is 0.493 e. The topological polar surface area (TPSA) is 86.1 Å². The van der Waals surface area contributed by atoms with Crippen LogP contribution in [0.15, 0.2) is 24.8 Å². The summed E-state index contributed by atoms with van der Waals surface area (Å²) in [5.41, 5.74) is 6.75. The van der Waals surface area contributed by atoms with Gasteiger partial charge in [0.15, 0.2) is 11.5 Å². The molecule has 0 saturated carbocycles. The first kappa shape index (κ1) is 24.1. The monoisotopic (exact) mass is 423 g/mol. The summed E-state index contributed by atoms with van der Waals surface area (Å²) in [6.07, 6.45) is 3.66. The van der Waals surface area contributed by atoms with E-state index in [4.69, 9.17) is 19.9 Å². The van der Waals surface area contributed by atoms with Gasteiger partial charge in [0.25, 0.3) is 5.91 Å². The van der Waals surface area contributed by atoms with E-state index in [1.807, 2.05) is 6.08 Å². The SMILES string of the molecule is C=CCN1C[C@H](OCCN)C[C@H]1CNC(=O)c1cc(CCCF)cc(OC)c1OC. The van der Waals surface area contributed by atoms with Crippen LogP contribution in [0.25, 0.3) is 0 Å². The normalized spacial score (nSPS) is 18.9. The fraction of sp³-hybridized carbons (Fsp3) is 0.591. The van der Waals surface area contributed by atoms with E-state index in [-0.39, 0.29) is 18.1 Å². The van der Waals surface area contributed by atoms with Crippen molar-refractivity contribution in [3.05, 3.63) is 35.9 Å². The summed E-state index contributed by atoms with van der Waals surface area (Å²) in [6, 6.07) is 3.67. The summed E-state index contributed by atoms with van der Waals surface area (Å²) >= 11 is 0. The van der Waals surface area contributed by atoms with Crippen LogP contribution in [0.2, 0.25) is 0 Å². The first-order valence-corrected chi connectivity index (χ1v) is 10.3. The highest BCUT2D eigenvalue weighted by Crippen LogP contribution is 2.33. The second kappa shape index (κ2) is 12.5. The van der Waals surface area contributed by atoms with E-state index in [2.05, 4.69) is 16.8 Å². The Morgan fingerprint density at radius 3 is 2.83 bits per heavy atom. The average Bonchev–Trinajstić information content (AvgIpc) is 3.15. The molecule has 1 aromatic carbocycles. The van der Waals surface area contributed by atoms with Gasteiger partial charge in [-0.25, -0.2) is 0 Å². The molecule has 8 heteroatoms. The lowest BCUT2D eigenvalue weighted by atomic mass is 10.0. The minimum absolute atomic E-state index is 0.0917. The number of nitrogens with zero attached hydrogens (tertiary/aromatic N) is 1. The first-order valence-electron chi connectivity index (χ1n) is 10.3. The second-order valence-corrected chi connectivity index (χ2v) is 7.30. The van der Waals surface area contributed by atoms with E-state index < -0.39 is 6.67 Å². The van der Waals surface area contributed by atoms with Crippen LogP contribution in [0.3, 0.4) is 0 Å². The van der Waals surface area contributed by atoms with Crippen LogP contribution in [-0.2, 0) is 11.2 Å². The third-order valence-electron chi connectivity index (χ3n) is 5.21. The molecule has 7 nitrogen and oxygen atoms in total. The number of hydrogen-bond donors (Lipinski definition) is 2. The van der Waals surface area contributed by atoms with Crippen LogP contribution in [0.4, 0.5) is 4.39 Å². The number of likely N-dealkylation sites (tertiary alicyclic amines) is 1. The summed E-state index contributed by atoms with van der Waals surface area (Å²) in [5, 5.41) is 3.01. The van der Waals surface area contributed by atoms with Crippen LogP contribution in [0.1, 0.15) is 28.8 Å². The fourth-order valence-corrected chi connectivity index (χ4v) is 3.81. The van der Waals surface area contributed by atoms with E-state index in [9.17, 15) is 9.18 Å². The molecule has 2 rings (SSSR count). The number of benzene rings is 1. The van der Waals surface area contributed by atoms with Crippen molar-refractivity contribution in [2.24, 2.45) is 5.73 Å². The Balaban J connectivity index is 2.11. The van der Waals surface area contributed by atoms with Crippen molar-refractivity contribution < 1.29 is 23.4 Å². The number of nitrogens with one attached hydrogen (secondary N) is 1. The molecule has 1 aromatic rings. The lowest BCUT2D eigenvalue weighted by Gasteiger charge is -2.23. The molecular formula is C22H34FN3O4. The van der Waals surface area contributed by atoms with Gasteiger partial charge in [0.2, 0.25) is 0 Å². The summed E-state index contributed by atoms with van der Waals surface area (Å²) in [7, 11) is 3.02. The summed E-state index contributed by atoms with van der Waals surface area (Å²) in [5.74, 6) is 0.582. The van der Waals surface area contributed by atoms with E-state index in [1.165, 1.54) is 14.2 Å². The Labute approximate surface area is 178 Å². The molecule has 0 spiro atoms. The van der Waals surface area contributed by atoms with Crippen molar-refractivity contribution in [3.63, 3.8) is 0 Å². The van der Waals surface area contributed by atoms with Crippen molar-refractivity contribution in [3.8, 4) is 11.5 Å². The molecule has 0 aliphatic carbocycles. The second-order valence-electron chi connectivity index (χ2n) is 7.30. The summed E-state index contributed by atoms with van der Waals surface area (Å²) < 4.78 is 29.2. The third-order valence-corrected chi connectivity index (χ3v) is 5.21. The van der Waals surface area contributed by atoms with Gasteiger partial charge in [0, 0.05) is 32.2 Å². The van der Waals surface area contributed by atoms with Crippen molar-refractivity contribution in [1.82, 2.24) is 10.2 Å². The van der Waals surface area contributed by atoms with E-state index >= 15 is 0 Å². The Bertz CT molecular complexity index is 701. The number of alkyl halides is 1. The molecule has 0 aromatic heterocycles. The van der Waals surface area contributed by atoms with Gasteiger partial charge < -0.3 is 25.3 Å². The predicted molar refractivity (Wildman–Crippen MR) is 115 cm³/mol. The number of ether oxygens (including phenoxy) is 3. The van der Waals surface area contributed by atoms with E-state index in [0.717, 1.165) is 25.1 Å². The summed E-state index contributed by atoms with van der Waals surface area (Å²) in [4.78, 5) is 15.2. The van der Waals surface area contributed by atoms with Crippen LogP contribution in [-0.4, -0.2) is 76.6 Å². The average molecular weight is 424 g/mol.